The highest BCUT2D eigenvalue weighted by molar-refractivity contribution is 9.10. The summed E-state index contributed by atoms with van der Waals surface area (Å²) in [6.45, 7) is 0. The van der Waals surface area contributed by atoms with E-state index < -0.39 is 0 Å². The zero-order valence-corrected chi connectivity index (χ0v) is 8.30. The van der Waals surface area contributed by atoms with Gasteiger partial charge in [-0.05, 0) is 28.1 Å². The Morgan fingerprint density at radius 1 is 1.33 bits per heavy atom. The van der Waals surface area contributed by atoms with E-state index in [2.05, 4.69) is 25.9 Å². The van der Waals surface area contributed by atoms with E-state index in [0.29, 0.717) is 5.02 Å². The normalized spacial score (nSPS) is 10.5. The molecule has 0 bridgehead atoms. The molecule has 0 saturated carbocycles. The van der Waals surface area contributed by atoms with Gasteiger partial charge in [-0.3, -0.25) is 4.98 Å². The molecule has 0 aromatic carbocycles. The van der Waals surface area contributed by atoms with E-state index in [1.807, 2.05) is 12.1 Å². The molecule has 0 radical (unpaired) electrons. The van der Waals surface area contributed by atoms with Crippen molar-refractivity contribution in [2.45, 2.75) is 0 Å². The average molecular weight is 243 g/mol. The van der Waals surface area contributed by atoms with Gasteiger partial charge in [0.1, 0.15) is 10.1 Å². The molecule has 2 heterocycles. The van der Waals surface area contributed by atoms with Crippen molar-refractivity contribution in [3.63, 3.8) is 0 Å². The molecule has 0 fully saturated rings. The van der Waals surface area contributed by atoms with Crippen LogP contribution in [0.25, 0.3) is 10.9 Å². The molecule has 0 saturated heterocycles. The predicted octanol–water partition coefficient (Wildman–Crippen LogP) is 3.05. The summed E-state index contributed by atoms with van der Waals surface area (Å²) in [5.41, 5.74) is 0.835. The van der Waals surface area contributed by atoms with Crippen LogP contribution in [0.2, 0.25) is 5.02 Å². The minimum Gasteiger partial charge on any atom is -0.252 e. The molecule has 2 nitrogen and oxygen atoms in total. The summed E-state index contributed by atoms with van der Waals surface area (Å²) in [5, 5.41) is 1.63. The first kappa shape index (κ1) is 7.95. The number of nitrogens with zero attached hydrogens (tertiary/aromatic N) is 2. The van der Waals surface area contributed by atoms with E-state index >= 15 is 0 Å². The van der Waals surface area contributed by atoms with Gasteiger partial charge in [0.05, 0.1) is 5.02 Å². The van der Waals surface area contributed by atoms with Gasteiger partial charge in [-0.2, -0.15) is 0 Å². The molecular weight excluding hydrogens is 239 g/mol. The van der Waals surface area contributed by atoms with Crippen molar-refractivity contribution in [2.24, 2.45) is 0 Å². The van der Waals surface area contributed by atoms with E-state index in [9.17, 15) is 0 Å². The fraction of sp³-hybridized carbons (Fsp3) is 0. The first-order chi connectivity index (χ1) is 5.77. The van der Waals surface area contributed by atoms with Crippen LogP contribution < -0.4 is 0 Å². The largest absolute Gasteiger partial charge is 0.252 e. The van der Waals surface area contributed by atoms with Crippen molar-refractivity contribution < 1.29 is 0 Å². The van der Waals surface area contributed by atoms with E-state index in [1.54, 1.807) is 12.4 Å². The molecule has 0 N–H and O–H groups in total. The lowest BCUT2D eigenvalue weighted by atomic mass is 10.3. The van der Waals surface area contributed by atoms with Gasteiger partial charge in [-0.1, -0.05) is 11.6 Å². The summed E-state index contributed by atoms with van der Waals surface area (Å²) in [7, 11) is 0. The molecule has 60 valence electrons. The Labute approximate surface area is 82.7 Å². The lowest BCUT2D eigenvalue weighted by Crippen LogP contribution is -1.82. The number of rotatable bonds is 0. The molecule has 4 heteroatoms. The third-order valence-corrected chi connectivity index (χ3v) is 2.31. The van der Waals surface area contributed by atoms with Crippen molar-refractivity contribution >= 4 is 38.4 Å². The minimum absolute atomic E-state index is 0.639. The molecule has 12 heavy (non-hydrogen) atoms. The third-order valence-electron chi connectivity index (χ3n) is 1.52. The highest BCUT2D eigenvalue weighted by atomic mass is 79.9. The second-order valence-electron chi connectivity index (χ2n) is 2.33. The van der Waals surface area contributed by atoms with Gasteiger partial charge in [0.25, 0.3) is 0 Å². The number of fused-ring (bicyclic) bond motifs is 1. The van der Waals surface area contributed by atoms with Crippen molar-refractivity contribution in [1.29, 1.82) is 0 Å². The molecule has 0 aliphatic heterocycles. The Morgan fingerprint density at radius 2 is 2.17 bits per heavy atom. The fourth-order valence-corrected chi connectivity index (χ4v) is 1.61. The summed E-state index contributed by atoms with van der Waals surface area (Å²) in [6.07, 6.45) is 3.32. The highest BCUT2D eigenvalue weighted by Crippen LogP contribution is 2.21. The van der Waals surface area contributed by atoms with E-state index in [-0.39, 0.29) is 0 Å². The first-order valence-electron chi connectivity index (χ1n) is 3.33. The van der Waals surface area contributed by atoms with Crippen molar-refractivity contribution in [3.05, 3.63) is 34.2 Å². The zero-order chi connectivity index (χ0) is 8.55. The number of pyridine rings is 2. The molecule has 2 aromatic heterocycles. The van der Waals surface area contributed by atoms with Gasteiger partial charge in [0.2, 0.25) is 0 Å². The number of hydrogen-bond acceptors (Lipinski definition) is 2. The number of hydrogen-bond donors (Lipinski definition) is 0. The van der Waals surface area contributed by atoms with Crippen LogP contribution in [0.3, 0.4) is 0 Å². The Kier molecular flexibility index (Phi) is 1.98. The van der Waals surface area contributed by atoms with E-state index in [4.69, 9.17) is 11.6 Å². The highest BCUT2D eigenvalue weighted by Gasteiger charge is 1.99. The Balaban J connectivity index is 2.86. The Bertz CT molecular complexity index is 430. The number of halogens is 2. The summed E-state index contributed by atoms with van der Waals surface area (Å²) in [6, 6.07) is 3.73. The van der Waals surface area contributed by atoms with Crippen LogP contribution in [0.15, 0.2) is 29.1 Å². The predicted molar refractivity (Wildman–Crippen MR) is 52.2 cm³/mol. The molecule has 0 spiro atoms. The van der Waals surface area contributed by atoms with Gasteiger partial charge >= 0.3 is 0 Å². The molecule has 0 amide bonds. The van der Waals surface area contributed by atoms with Crippen LogP contribution in [0.5, 0.6) is 0 Å². The molecule has 0 aliphatic rings. The SMILES string of the molecule is Clc1cnc2c(Br)nccc2c1. The molecular formula is C8H4BrClN2. The zero-order valence-electron chi connectivity index (χ0n) is 5.96. The summed E-state index contributed by atoms with van der Waals surface area (Å²) in [4.78, 5) is 8.19. The van der Waals surface area contributed by atoms with Gasteiger partial charge < -0.3 is 0 Å². The van der Waals surface area contributed by atoms with Gasteiger partial charge in [-0.25, -0.2) is 4.98 Å². The van der Waals surface area contributed by atoms with Crippen molar-refractivity contribution in [2.75, 3.05) is 0 Å². The summed E-state index contributed by atoms with van der Waals surface area (Å²) < 4.78 is 0.747. The van der Waals surface area contributed by atoms with Crippen LogP contribution in [-0.4, -0.2) is 9.97 Å². The Morgan fingerprint density at radius 3 is 3.00 bits per heavy atom. The van der Waals surface area contributed by atoms with E-state index in [1.165, 1.54) is 0 Å². The van der Waals surface area contributed by atoms with Crippen LogP contribution in [0.4, 0.5) is 0 Å². The first-order valence-corrected chi connectivity index (χ1v) is 4.50. The van der Waals surface area contributed by atoms with Crippen molar-refractivity contribution in [3.8, 4) is 0 Å². The monoisotopic (exact) mass is 242 g/mol. The lowest BCUT2D eigenvalue weighted by Gasteiger charge is -1.97. The fourth-order valence-electron chi connectivity index (χ4n) is 0.998. The summed E-state index contributed by atoms with van der Waals surface area (Å²) >= 11 is 9.08. The second-order valence-corrected chi connectivity index (χ2v) is 3.51. The second kappa shape index (κ2) is 2.99. The smallest absolute Gasteiger partial charge is 0.132 e. The van der Waals surface area contributed by atoms with Crippen LogP contribution >= 0.6 is 27.5 Å². The maximum absolute atomic E-state index is 5.77. The van der Waals surface area contributed by atoms with Crippen LogP contribution in [0.1, 0.15) is 0 Å². The van der Waals surface area contributed by atoms with E-state index in [0.717, 1.165) is 15.5 Å². The molecule has 2 rings (SSSR count). The van der Waals surface area contributed by atoms with Gasteiger partial charge in [-0.15, -0.1) is 0 Å². The van der Waals surface area contributed by atoms with Gasteiger partial charge in [0, 0.05) is 17.8 Å². The van der Waals surface area contributed by atoms with Crippen LogP contribution in [0, 0.1) is 0 Å². The van der Waals surface area contributed by atoms with Crippen molar-refractivity contribution in [1.82, 2.24) is 9.97 Å². The molecule has 2 aromatic rings. The van der Waals surface area contributed by atoms with Crippen LogP contribution in [-0.2, 0) is 0 Å². The number of aromatic nitrogens is 2. The maximum Gasteiger partial charge on any atom is 0.132 e. The Hall–Kier alpha value is -0.670. The lowest BCUT2D eigenvalue weighted by molar-refractivity contribution is 1.27. The minimum atomic E-state index is 0.639. The molecule has 0 aliphatic carbocycles. The van der Waals surface area contributed by atoms with Gasteiger partial charge in [0.15, 0.2) is 0 Å². The molecule has 0 atom stereocenters. The quantitative estimate of drug-likeness (QED) is 0.665. The average Bonchev–Trinajstić information content (AvgIpc) is 2.04. The third kappa shape index (κ3) is 1.30. The molecule has 0 unspecified atom stereocenters. The standard InChI is InChI=1S/C8H4BrClN2/c9-8-7-5(1-2-11-8)3-6(10)4-12-7/h1-4H. The topological polar surface area (TPSA) is 25.8 Å². The summed E-state index contributed by atoms with van der Waals surface area (Å²) in [5.74, 6) is 0. The maximum atomic E-state index is 5.77.